The van der Waals surface area contributed by atoms with E-state index in [1.54, 1.807) is 0 Å². The SMILES string of the molecule is C=C(C[C@H](Cl)CCC(C)(C)C)I=O. The summed E-state index contributed by atoms with van der Waals surface area (Å²) < 4.78 is 11.3. The van der Waals surface area contributed by atoms with Gasteiger partial charge in [0.2, 0.25) is 0 Å². The van der Waals surface area contributed by atoms with E-state index in [0.29, 0.717) is 11.8 Å². The average Bonchev–Trinajstić information content (AvgIpc) is 1.99. The summed E-state index contributed by atoms with van der Waals surface area (Å²) in [5.41, 5.74) is 0.334. The normalized spacial score (nSPS) is 14.2. The van der Waals surface area contributed by atoms with Crippen LogP contribution in [0.15, 0.2) is 10.2 Å². The number of hydrogen-bond acceptors (Lipinski definition) is 1. The van der Waals surface area contributed by atoms with Gasteiger partial charge in [0.05, 0.1) is 0 Å². The molecule has 0 bridgehead atoms. The van der Waals surface area contributed by atoms with Crippen molar-refractivity contribution in [3.63, 3.8) is 0 Å². The number of halogens is 2. The van der Waals surface area contributed by atoms with Gasteiger partial charge in [-0.3, -0.25) is 3.07 Å². The molecule has 0 rings (SSSR count). The van der Waals surface area contributed by atoms with Gasteiger partial charge in [-0.25, -0.2) is 0 Å². The largest absolute Gasteiger partial charge is 0.265 e. The Labute approximate surface area is 96.6 Å². The molecule has 13 heavy (non-hydrogen) atoms. The van der Waals surface area contributed by atoms with Crippen molar-refractivity contribution in [2.45, 2.75) is 45.4 Å². The number of allylic oxidation sites excluding steroid dienone is 1. The highest BCUT2D eigenvalue weighted by Crippen LogP contribution is 2.27. The molecule has 0 aromatic rings. The first-order valence-corrected chi connectivity index (χ1v) is 6.83. The van der Waals surface area contributed by atoms with Gasteiger partial charge in [-0.2, -0.15) is 0 Å². The first-order valence-electron chi connectivity index (χ1n) is 4.44. The quantitative estimate of drug-likeness (QED) is 0.533. The van der Waals surface area contributed by atoms with Gasteiger partial charge in [-0.15, -0.1) is 11.6 Å². The summed E-state index contributed by atoms with van der Waals surface area (Å²) in [6, 6.07) is 0. The molecule has 0 saturated heterocycles. The number of rotatable bonds is 5. The van der Waals surface area contributed by atoms with Gasteiger partial charge < -0.3 is 0 Å². The first-order chi connectivity index (χ1) is 5.85. The fourth-order valence-electron chi connectivity index (χ4n) is 0.964. The Kier molecular flexibility index (Phi) is 6.38. The molecule has 0 aliphatic carbocycles. The third kappa shape index (κ3) is 8.88. The minimum atomic E-state index is -1.06. The summed E-state index contributed by atoms with van der Waals surface area (Å²) >= 11 is 5.02. The van der Waals surface area contributed by atoms with E-state index >= 15 is 0 Å². The molecule has 78 valence electrons. The van der Waals surface area contributed by atoms with Crippen LogP contribution in [0.5, 0.6) is 0 Å². The summed E-state index contributed by atoms with van der Waals surface area (Å²) in [6.45, 7) is 10.3. The lowest BCUT2D eigenvalue weighted by atomic mass is 9.89. The molecule has 0 unspecified atom stereocenters. The number of hydrogen-bond donors (Lipinski definition) is 0. The topological polar surface area (TPSA) is 17.1 Å². The van der Waals surface area contributed by atoms with Crippen molar-refractivity contribution < 1.29 is 3.07 Å². The molecule has 0 aliphatic rings. The Hall–Kier alpha value is 0.560. The monoisotopic (exact) mass is 316 g/mol. The zero-order chi connectivity index (χ0) is 10.5. The van der Waals surface area contributed by atoms with Crippen molar-refractivity contribution >= 4 is 32.8 Å². The predicted molar refractivity (Wildman–Crippen MR) is 66.8 cm³/mol. The van der Waals surface area contributed by atoms with Crippen LogP contribution in [-0.2, 0) is 3.07 Å². The van der Waals surface area contributed by atoms with Crippen LogP contribution in [0.2, 0.25) is 0 Å². The zero-order valence-corrected chi connectivity index (χ0v) is 11.5. The van der Waals surface area contributed by atoms with Crippen LogP contribution < -0.4 is 0 Å². The highest BCUT2D eigenvalue weighted by atomic mass is 127. The third-order valence-electron chi connectivity index (χ3n) is 1.76. The van der Waals surface area contributed by atoms with Gasteiger partial charge in [0.25, 0.3) is 0 Å². The summed E-state index contributed by atoms with van der Waals surface area (Å²) in [7, 11) is 0. The molecule has 0 spiro atoms. The molecule has 0 aromatic carbocycles. The summed E-state index contributed by atoms with van der Waals surface area (Å²) in [5, 5.41) is 0.111. The molecular formula is C10H18ClIO. The molecule has 0 radical (unpaired) electrons. The minimum absolute atomic E-state index is 0.111. The van der Waals surface area contributed by atoms with Crippen LogP contribution in [0, 0.1) is 5.41 Å². The molecule has 0 N–H and O–H groups in total. The lowest BCUT2D eigenvalue weighted by Crippen LogP contribution is -2.09. The van der Waals surface area contributed by atoms with E-state index in [2.05, 4.69) is 27.4 Å². The molecule has 0 aromatic heterocycles. The van der Waals surface area contributed by atoms with Crippen LogP contribution in [0.3, 0.4) is 0 Å². The second kappa shape index (κ2) is 6.12. The Balaban J connectivity index is 3.69. The van der Waals surface area contributed by atoms with E-state index in [4.69, 9.17) is 11.6 Å². The van der Waals surface area contributed by atoms with Crippen LogP contribution in [-0.4, -0.2) is 5.38 Å². The zero-order valence-electron chi connectivity index (χ0n) is 8.57. The second-order valence-electron chi connectivity index (χ2n) is 4.50. The van der Waals surface area contributed by atoms with E-state index < -0.39 is 21.2 Å². The highest BCUT2D eigenvalue weighted by molar-refractivity contribution is 14.2. The van der Waals surface area contributed by atoms with Gasteiger partial charge in [-0.05, 0) is 24.7 Å². The van der Waals surface area contributed by atoms with Crippen LogP contribution in [0.4, 0.5) is 0 Å². The Bertz CT molecular complexity index is 184. The first kappa shape index (κ1) is 13.6. The standard InChI is InChI=1S/C10H18ClIO/c1-8(12-13)7-9(11)5-6-10(2,3)4/h9H,1,5-7H2,2-4H3/t9-/m1/s1. The van der Waals surface area contributed by atoms with Crippen molar-refractivity contribution in [3.05, 3.63) is 10.2 Å². The Morgan fingerprint density at radius 2 is 2.08 bits per heavy atom. The average molecular weight is 317 g/mol. The lowest BCUT2D eigenvalue weighted by molar-refractivity contribution is 0.362. The summed E-state index contributed by atoms with van der Waals surface area (Å²) in [4.78, 5) is 0. The molecule has 0 amide bonds. The fraction of sp³-hybridized carbons (Fsp3) is 0.800. The summed E-state index contributed by atoms with van der Waals surface area (Å²) in [5.74, 6) is 0. The van der Waals surface area contributed by atoms with E-state index in [9.17, 15) is 3.07 Å². The highest BCUT2D eigenvalue weighted by Gasteiger charge is 2.14. The maximum absolute atomic E-state index is 10.5. The lowest BCUT2D eigenvalue weighted by Gasteiger charge is -2.19. The maximum atomic E-state index is 10.5. The van der Waals surface area contributed by atoms with E-state index in [1.807, 2.05) is 0 Å². The number of alkyl halides is 1. The van der Waals surface area contributed by atoms with Gasteiger partial charge >= 0.3 is 0 Å². The molecule has 0 saturated carbocycles. The minimum Gasteiger partial charge on any atom is -0.265 e. The predicted octanol–water partition coefficient (Wildman–Crippen LogP) is 4.64. The Morgan fingerprint density at radius 3 is 2.46 bits per heavy atom. The third-order valence-corrected chi connectivity index (χ3v) is 3.20. The molecular weight excluding hydrogens is 298 g/mol. The summed E-state index contributed by atoms with van der Waals surface area (Å²) in [6.07, 6.45) is 2.80. The van der Waals surface area contributed by atoms with Gasteiger partial charge in [0.1, 0.15) is 0 Å². The van der Waals surface area contributed by atoms with Crippen LogP contribution >= 0.6 is 32.8 Å². The Morgan fingerprint density at radius 1 is 1.54 bits per heavy atom. The van der Waals surface area contributed by atoms with E-state index in [-0.39, 0.29) is 5.38 Å². The van der Waals surface area contributed by atoms with Crippen LogP contribution in [0.1, 0.15) is 40.0 Å². The van der Waals surface area contributed by atoms with Crippen molar-refractivity contribution in [3.8, 4) is 0 Å². The van der Waals surface area contributed by atoms with Crippen molar-refractivity contribution in [1.82, 2.24) is 0 Å². The molecule has 0 aliphatic heterocycles. The smallest absolute Gasteiger partial charge is 0.176 e. The van der Waals surface area contributed by atoms with Gasteiger partial charge in [-0.1, -0.05) is 27.4 Å². The van der Waals surface area contributed by atoms with E-state index in [0.717, 1.165) is 16.4 Å². The van der Waals surface area contributed by atoms with Crippen molar-refractivity contribution in [2.24, 2.45) is 5.41 Å². The fourth-order valence-corrected chi connectivity index (χ4v) is 2.23. The molecule has 1 nitrogen and oxygen atoms in total. The molecule has 1 atom stereocenters. The second-order valence-corrected chi connectivity index (χ2v) is 7.08. The van der Waals surface area contributed by atoms with Gasteiger partial charge in [0.15, 0.2) is 21.2 Å². The maximum Gasteiger partial charge on any atom is 0.176 e. The van der Waals surface area contributed by atoms with Crippen LogP contribution in [0.25, 0.3) is 0 Å². The van der Waals surface area contributed by atoms with Crippen molar-refractivity contribution in [2.75, 3.05) is 0 Å². The molecule has 0 fully saturated rings. The van der Waals surface area contributed by atoms with Crippen molar-refractivity contribution in [1.29, 1.82) is 0 Å². The molecule has 0 heterocycles. The molecule has 3 heteroatoms. The van der Waals surface area contributed by atoms with E-state index in [1.165, 1.54) is 0 Å². The van der Waals surface area contributed by atoms with Gasteiger partial charge in [0, 0.05) is 8.96 Å².